The standard InChI is InChI=1S/C30H37N3O3S/c1-4-5-9-25-12-14-27(15-13-25)31-37(35,36)28-16-11-24(3)29(21-28)30(34)33-19-17-32(18-20-33)22-26-10-7-6-8-23(26)2/h6-8,10-16,21,31H,4-5,9,17-20,22H2,1-3H3. The van der Waals surface area contributed by atoms with Crippen molar-refractivity contribution in [2.24, 2.45) is 0 Å². The number of carbonyl (C=O) groups excluding carboxylic acids is 1. The topological polar surface area (TPSA) is 69.7 Å². The van der Waals surface area contributed by atoms with Crippen LogP contribution in [0, 0.1) is 13.8 Å². The fourth-order valence-electron chi connectivity index (χ4n) is 4.64. The van der Waals surface area contributed by atoms with Crippen LogP contribution in [0.15, 0.2) is 71.6 Å². The molecule has 7 heteroatoms. The van der Waals surface area contributed by atoms with Crippen molar-refractivity contribution >= 4 is 21.6 Å². The van der Waals surface area contributed by atoms with Crippen molar-refractivity contribution in [3.05, 3.63) is 94.5 Å². The normalized spacial score (nSPS) is 14.5. The van der Waals surface area contributed by atoms with Gasteiger partial charge in [-0.2, -0.15) is 0 Å². The monoisotopic (exact) mass is 519 g/mol. The number of nitrogens with one attached hydrogen (secondary N) is 1. The number of amides is 1. The molecule has 0 aliphatic carbocycles. The molecule has 3 aromatic carbocycles. The van der Waals surface area contributed by atoms with E-state index in [1.165, 1.54) is 22.8 Å². The number of nitrogens with zero attached hydrogens (tertiary/aromatic N) is 2. The summed E-state index contributed by atoms with van der Waals surface area (Å²) in [5, 5.41) is 0. The van der Waals surface area contributed by atoms with Gasteiger partial charge in [-0.3, -0.25) is 14.4 Å². The second-order valence-corrected chi connectivity index (χ2v) is 11.6. The molecule has 1 N–H and O–H groups in total. The van der Waals surface area contributed by atoms with Gasteiger partial charge in [0, 0.05) is 44.0 Å². The number of hydrogen-bond acceptors (Lipinski definition) is 4. The fraction of sp³-hybridized carbons (Fsp3) is 0.367. The molecule has 1 aliphatic heterocycles. The Balaban J connectivity index is 1.42. The summed E-state index contributed by atoms with van der Waals surface area (Å²) in [7, 11) is -3.82. The molecule has 0 radical (unpaired) electrons. The maximum atomic E-state index is 13.4. The number of aryl methyl sites for hydroxylation is 3. The molecule has 1 heterocycles. The van der Waals surface area contributed by atoms with Crippen LogP contribution in [0.1, 0.15) is 52.4 Å². The van der Waals surface area contributed by atoms with Crippen LogP contribution in [0.3, 0.4) is 0 Å². The van der Waals surface area contributed by atoms with Gasteiger partial charge >= 0.3 is 0 Å². The summed E-state index contributed by atoms with van der Waals surface area (Å²) >= 11 is 0. The van der Waals surface area contributed by atoms with Gasteiger partial charge in [0.2, 0.25) is 0 Å². The van der Waals surface area contributed by atoms with E-state index in [1.54, 1.807) is 24.3 Å². The van der Waals surface area contributed by atoms with Gasteiger partial charge < -0.3 is 4.90 Å². The SMILES string of the molecule is CCCCc1ccc(NS(=O)(=O)c2ccc(C)c(C(=O)N3CCN(Cc4ccccc4C)CC3)c2)cc1. The molecule has 0 unspecified atom stereocenters. The lowest BCUT2D eigenvalue weighted by Crippen LogP contribution is -2.48. The highest BCUT2D eigenvalue weighted by Crippen LogP contribution is 2.22. The zero-order valence-electron chi connectivity index (χ0n) is 22.0. The lowest BCUT2D eigenvalue weighted by molar-refractivity contribution is 0.0627. The Bertz CT molecular complexity index is 1330. The lowest BCUT2D eigenvalue weighted by Gasteiger charge is -2.35. The number of rotatable bonds is 9. The summed E-state index contributed by atoms with van der Waals surface area (Å²) in [4.78, 5) is 17.7. The minimum atomic E-state index is -3.82. The summed E-state index contributed by atoms with van der Waals surface area (Å²) in [5.74, 6) is -0.120. The van der Waals surface area contributed by atoms with Crippen LogP contribution in [0.25, 0.3) is 0 Å². The number of anilines is 1. The van der Waals surface area contributed by atoms with Gasteiger partial charge in [-0.25, -0.2) is 8.42 Å². The molecule has 6 nitrogen and oxygen atoms in total. The average molecular weight is 520 g/mol. The smallest absolute Gasteiger partial charge is 0.261 e. The van der Waals surface area contributed by atoms with E-state index in [1.807, 2.05) is 30.0 Å². The average Bonchev–Trinajstić information content (AvgIpc) is 2.89. The van der Waals surface area contributed by atoms with Crippen molar-refractivity contribution in [3.8, 4) is 0 Å². The minimum absolute atomic E-state index is 0.0923. The molecular formula is C30H37N3O3S. The summed E-state index contributed by atoms with van der Waals surface area (Å²) in [6.45, 7) is 9.78. The number of hydrogen-bond donors (Lipinski definition) is 1. The number of benzene rings is 3. The predicted octanol–water partition coefficient (Wildman–Crippen LogP) is 5.40. The first-order valence-electron chi connectivity index (χ1n) is 13.1. The highest BCUT2D eigenvalue weighted by molar-refractivity contribution is 7.92. The van der Waals surface area contributed by atoms with Gasteiger partial charge in [-0.15, -0.1) is 0 Å². The van der Waals surface area contributed by atoms with Gasteiger partial charge in [0.1, 0.15) is 0 Å². The van der Waals surface area contributed by atoms with Crippen LogP contribution in [-0.2, 0) is 23.0 Å². The van der Waals surface area contributed by atoms with Crippen molar-refractivity contribution in [2.75, 3.05) is 30.9 Å². The molecule has 37 heavy (non-hydrogen) atoms. The van der Waals surface area contributed by atoms with Crippen molar-refractivity contribution in [3.63, 3.8) is 0 Å². The third kappa shape index (κ3) is 6.79. The largest absolute Gasteiger partial charge is 0.336 e. The molecule has 1 fully saturated rings. The molecule has 0 aromatic heterocycles. The van der Waals surface area contributed by atoms with Gasteiger partial charge in [0.25, 0.3) is 15.9 Å². The third-order valence-electron chi connectivity index (χ3n) is 7.09. The number of carbonyl (C=O) groups is 1. The Labute approximate surface area is 221 Å². The van der Waals surface area contributed by atoms with Crippen LogP contribution >= 0.6 is 0 Å². The Hall–Kier alpha value is -3.16. The molecule has 1 amide bonds. The molecular weight excluding hydrogens is 482 g/mol. The van der Waals surface area contributed by atoms with Gasteiger partial charge in [0.05, 0.1) is 4.90 Å². The summed E-state index contributed by atoms with van der Waals surface area (Å²) in [6.07, 6.45) is 3.20. The molecule has 0 saturated carbocycles. The van der Waals surface area contributed by atoms with Crippen LogP contribution in [0.2, 0.25) is 0 Å². The molecule has 0 bridgehead atoms. The molecule has 1 aliphatic rings. The second-order valence-electron chi connectivity index (χ2n) is 9.88. The number of sulfonamides is 1. The zero-order valence-corrected chi connectivity index (χ0v) is 22.9. The Morgan fingerprint density at radius 1 is 0.892 bits per heavy atom. The van der Waals surface area contributed by atoms with E-state index in [9.17, 15) is 13.2 Å². The van der Waals surface area contributed by atoms with Gasteiger partial charge in [-0.1, -0.05) is 55.8 Å². The van der Waals surface area contributed by atoms with E-state index in [4.69, 9.17) is 0 Å². The fourth-order valence-corrected chi connectivity index (χ4v) is 5.73. The van der Waals surface area contributed by atoms with Gasteiger partial charge in [-0.05, 0) is 73.2 Å². The first kappa shape index (κ1) is 26.9. The van der Waals surface area contributed by atoms with E-state index in [0.717, 1.165) is 44.5 Å². The van der Waals surface area contributed by atoms with Crippen molar-refractivity contribution in [2.45, 2.75) is 51.5 Å². The molecule has 196 valence electrons. The molecule has 3 aromatic rings. The van der Waals surface area contributed by atoms with E-state index in [0.29, 0.717) is 24.3 Å². The van der Waals surface area contributed by atoms with E-state index < -0.39 is 10.0 Å². The van der Waals surface area contributed by atoms with Crippen LogP contribution in [0.5, 0.6) is 0 Å². The van der Waals surface area contributed by atoms with Crippen LogP contribution in [0.4, 0.5) is 5.69 Å². The molecule has 1 saturated heterocycles. The maximum absolute atomic E-state index is 13.4. The van der Waals surface area contributed by atoms with Crippen LogP contribution < -0.4 is 4.72 Å². The molecule has 0 spiro atoms. The number of unbranched alkanes of at least 4 members (excludes halogenated alkanes) is 1. The molecule has 4 rings (SSSR count). The van der Waals surface area contributed by atoms with E-state index >= 15 is 0 Å². The van der Waals surface area contributed by atoms with Crippen molar-refractivity contribution in [1.82, 2.24) is 9.80 Å². The first-order chi connectivity index (χ1) is 17.8. The van der Waals surface area contributed by atoms with Crippen LogP contribution in [-0.4, -0.2) is 50.3 Å². The lowest BCUT2D eigenvalue weighted by atomic mass is 10.1. The third-order valence-corrected chi connectivity index (χ3v) is 8.47. The Kier molecular flexibility index (Phi) is 8.67. The highest BCUT2D eigenvalue weighted by Gasteiger charge is 2.25. The Morgan fingerprint density at radius 2 is 1.59 bits per heavy atom. The van der Waals surface area contributed by atoms with Gasteiger partial charge in [0.15, 0.2) is 0 Å². The predicted molar refractivity (Wildman–Crippen MR) is 149 cm³/mol. The maximum Gasteiger partial charge on any atom is 0.261 e. The highest BCUT2D eigenvalue weighted by atomic mass is 32.2. The van der Waals surface area contributed by atoms with Crippen molar-refractivity contribution in [1.29, 1.82) is 0 Å². The molecule has 0 atom stereocenters. The zero-order chi connectivity index (χ0) is 26.4. The second kappa shape index (κ2) is 11.9. The number of piperazine rings is 1. The summed E-state index contributed by atoms with van der Waals surface area (Å²) in [5.41, 5.74) is 5.48. The quantitative estimate of drug-likeness (QED) is 0.411. The van der Waals surface area contributed by atoms with E-state index in [2.05, 4.69) is 41.7 Å². The Morgan fingerprint density at radius 3 is 2.27 bits per heavy atom. The first-order valence-corrected chi connectivity index (χ1v) is 14.5. The van der Waals surface area contributed by atoms with Crippen molar-refractivity contribution < 1.29 is 13.2 Å². The summed E-state index contributed by atoms with van der Waals surface area (Å²) in [6, 6.07) is 20.7. The minimum Gasteiger partial charge on any atom is -0.336 e. The summed E-state index contributed by atoms with van der Waals surface area (Å²) < 4.78 is 28.9. The van der Waals surface area contributed by atoms with E-state index in [-0.39, 0.29) is 10.8 Å².